The number of carbonyl (C=O) groups is 1. The Labute approximate surface area is 247 Å². The third-order valence-electron chi connectivity index (χ3n) is 7.27. The van der Waals surface area contributed by atoms with E-state index in [4.69, 9.17) is 9.47 Å². The number of allylic oxidation sites excluding steroid dienone is 1. The fourth-order valence-corrected chi connectivity index (χ4v) is 5.81. The third-order valence-corrected chi connectivity index (χ3v) is 8.29. The molecule has 0 aromatic heterocycles. The number of rotatable bonds is 20. The van der Waals surface area contributed by atoms with Crippen molar-refractivity contribution in [2.45, 2.75) is 104 Å². The van der Waals surface area contributed by atoms with Crippen molar-refractivity contribution < 1.29 is 14.3 Å². The monoisotopic (exact) mass is 566 g/mol. The van der Waals surface area contributed by atoms with Crippen molar-refractivity contribution in [3.8, 4) is 11.5 Å². The first-order valence-electron chi connectivity index (χ1n) is 15.3. The fourth-order valence-electron chi connectivity index (χ4n) is 5.05. The molecule has 6 heteroatoms. The highest BCUT2D eigenvalue weighted by Crippen LogP contribution is 2.29. The molecule has 1 amide bonds. The van der Waals surface area contributed by atoms with Gasteiger partial charge in [0.25, 0.3) is 0 Å². The third kappa shape index (κ3) is 12.3. The van der Waals surface area contributed by atoms with Crippen LogP contribution in [0.1, 0.15) is 102 Å². The first-order chi connectivity index (χ1) is 19.6. The molecule has 0 bridgehead atoms. The first kappa shape index (κ1) is 31.9. The quantitative estimate of drug-likeness (QED) is 0.162. The van der Waals surface area contributed by atoms with E-state index in [1.54, 1.807) is 7.11 Å². The molecule has 0 spiro atoms. The van der Waals surface area contributed by atoms with Crippen molar-refractivity contribution in [2.75, 3.05) is 24.9 Å². The molecule has 2 aromatic carbocycles. The maximum Gasteiger partial charge on any atom is 0.228 e. The fraction of sp³-hybridized carbons (Fsp3) is 0.559. The number of hydrogen-bond donors (Lipinski definition) is 1. The molecule has 1 heterocycles. The molecular formula is C34H50N2O3S. The molecule has 0 saturated carbocycles. The smallest absolute Gasteiger partial charge is 0.228 e. The number of thioether (sulfide) groups is 1. The van der Waals surface area contributed by atoms with Crippen LogP contribution in [-0.4, -0.2) is 30.4 Å². The molecule has 0 radical (unpaired) electrons. The van der Waals surface area contributed by atoms with Gasteiger partial charge in [0, 0.05) is 18.4 Å². The molecule has 5 nitrogen and oxygen atoms in total. The summed E-state index contributed by atoms with van der Waals surface area (Å²) in [5.41, 5.74) is 2.91. The zero-order valence-electron chi connectivity index (χ0n) is 25.0. The molecule has 0 atom stereocenters. The minimum absolute atomic E-state index is 0.0446. The summed E-state index contributed by atoms with van der Waals surface area (Å²) >= 11 is 1.85. The van der Waals surface area contributed by atoms with Crippen molar-refractivity contribution in [1.82, 2.24) is 4.90 Å². The maximum atomic E-state index is 12.8. The van der Waals surface area contributed by atoms with Gasteiger partial charge in [0.1, 0.15) is 0 Å². The van der Waals surface area contributed by atoms with E-state index in [-0.39, 0.29) is 12.3 Å². The number of benzene rings is 2. The average Bonchev–Trinajstić information content (AvgIpc) is 3.36. The molecule has 0 saturated heterocycles. The number of nitrogens with zero attached hydrogens (tertiary/aromatic N) is 1. The Morgan fingerprint density at radius 2 is 1.57 bits per heavy atom. The second kappa shape index (κ2) is 18.7. The normalized spacial score (nSPS) is 12.9. The lowest BCUT2D eigenvalue weighted by atomic mass is 10.1. The molecule has 1 aliphatic heterocycles. The van der Waals surface area contributed by atoms with Crippen molar-refractivity contribution in [3.05, 3.63) is 64.7 Å². The summed E-state index contributed by atoms with van der Waals surface area (Å²) in [6, 6.07) is 13.9. The number of amides is 1. The molecule has 3 rings (SSSR count). The molecular weight excluding hydrogens is 516 g/mol. The Hall–Kier alpha value is -2.60. The Balaban J connectivity index is 1.33. The molecule has 220 valence electrons. The number of nitrogens with one attached hydrogen (secondary N) is 1. The van der Waals surface area contributed by atoms with Gasteiger partial charge in [-0.15, -0.1) is 11.8 Å². The summed E-state index contributed by atoms with van der Waals surface area (Å²) in [5, 5.41) is 3.05. The van der Waals surface area contributed by atoms with Gasteiger partial charge in [0.05, 0.1) is 26.0 Å². The standard InChI is InChI=1S/C34H50N2O3S/c1-4-5-6-7-8-9-10-11-12-13-14-15-21-39-32-20-19-29(23-33(32)38-3)24-34(37)35-31-18-16-17-30(22-31)26-36-25-28(2)40-27-36/h16-20,22-23,25H,4-15,21,24,26-27H2,1-3H3,(H,35,37). The minimum atomic E-state index is -0.0446. The molecule has 0 unspecified atom stereocenters. The highest BCUT2D eigenvalue weighted by atomic mass is 32.2. The summed E-state index contributed by atoms with van der Waals surface area (Å²) in [4.78, 5) is 16.4. The molecule has 1 N–H and O–H groups in total. The average molecular weight is 567 g/mol. The minimum Gasteiger partial charge on any atom is -0.493 e. The van der Waals surface area contributed by atoms with E-state index in [1.165, 1.54) is 81.1 Å². The van der Waals surface area contributed by atoms with Gasteiger partial charge >= 0.3 is 0 Å². The topological polar surface area (TPSA) is 50.8 Å². The lowest BCUT2D eigenvalue weighted by molar-refractivity contribution is -0.115. The first-order valence-corrected chi connectivity index (χ1v) is 16.3. The van der Waals surface area contributed by atoms with Gasteiger partial charge in [-0.25, -0.2) is 0 Å². The number of hydrogen-bond acceptors (Lipinski definition) is 5. The van der Waals surface area contributed by atoms with Crippen LogP contribution in [0.2, 0.25) is 0 Å². The van der Waals surface area contributed by atoms with Crippen LogP contribution in [0.4, 0.5) is 5.69 Å². The Morgan fingerprint density at radius 1 is 0.875 bits per heavy atom. The van der Waals surface area contributed by atoms with E-state index in [2.05, 4.69) is 42.4 Å². The largest absolute Gasteiger partial charge is 0.493 e. The van der Waals surface area contributed by atoms with E-state index >= 15 is 0 Å². The number of methoxy groups -OCH3 is 1. The van der Waals surface area contributed by atoms with E-state index in [1.807, 2.05) is 42.1 Å². The summed E-state index contributed by atoms with van der Waals surface area (Å²) in [6.45, 7) is 5.94. The van der Waals surface area contributed by atoms with Crippen LogP contribution in [-0.2, 0) is 17.8 Å². The van der Waals surface area contributed by atoms with E-state index in [0.29, 0.717) is 12.4 Å². The Morgan fingerprint density at radius 3 is 2.23 bits per heavy atom. The lowest BCUT2D eigenvalue weighted by Gasteiger charge is -2.15. The second-order valence-corrected chi connectivity index (χ2v) is 12.1. The molecule has 40 heavy (non-hydrogen) atoms. The van der Waals surface area contributed by atoms with E-state index in [0.717, 1.165) is 35.8 Å². The van der Waals surface area contributed by atoms with Crippen molar-refractivity contribution >= 4 is 23.4 Å². The number of unbranched alkanes of at least 4 members (excludes halogenated alkanes) is 11. The van der Waals surface area contributed by atoms with Crippen LogP contribution in [0.25, 0.3) is 0 Å². The summed E-state index contributed by atoms with van der Waals surface area (Å²) in [6.07, 6.45) is 18.4. The molecule has 0 aliphatic carbocycles. The van der Waals surface area contributed by atoms with Gasteiger partial charge < -0.3 is 19.7 Å². The highest BCUT2D eigenvalue weighted by Gasteiger charge is 2.12. The van der Waals surface area contributed by atoms with Gasteiger partial charge in [-0.05, 0) is 53.6 Å². The number of ether oxygens (including phenoxy) is 2. The Bertz CT molecular complexity index is 1060. The predicted octanol–water partition coefficient (Wildman–Crippen LogP) is 9.32. The van der Waals surface area contributed by atoms with Gasteiger partial charge in [-0.2, -0.15) is 0 Å². The van der Waals surface area contributed by atoms with Gasteiger partial charge in [0.2, 0.25) is 5.91 Å². The van der Waals surface area contributed by atoms with Gasteiger partial charge in [-0.1, -0.05) is 95.8 Å². The predicted molar refractivity (Wildman–Crippen MR) is 170 cm³/mol. The van der Waals surface area contributed by atoms with E-state index in [9.17, 15) is 4.79 Å². The Kier molecular flexibility index (Phi) is 14.9. The highest BCUT2D eigenvalue weighted by molar-refractivity contribution is 8.03. The van der Waals surface area contributed by atoms with E-state index < -0.39 is 0 Å². The molecule has 1 aliphatic rings. The van der Waals surface area contributed by atoms with Crippen LogP contribution in [0, 0.1) is 0 Å². The van der Waals surface area contributed by atoms with Crippen molar-refractivity contribution in [1.29, 1.82) is 0 Å². The molecule has 2 aromatic rings. The van der Waals surface area contributed by atoms with Crippen molar-refractivity contribution in [2.24, 2.45) is 0 Å². The van der Waals surface area contributed by atoms with Crippen LogP contribution >= 0.6 is 11.8 Å². The van der Waals surface area contributed by atoms with Gasteiger partial charge in [-0.3, -0.25) is 4.79 Å². The summed E-state index contributed by atoms with van der Waals surface area (Å²) in [5.74, 6) is 2.35. The zero-order chi connectivity index (χ0) is 28.4. The van der Waals surface area contributed by atoms with Crippen molar-refractivity contribution in [3.63, 3.8) is 0 Å². The van der Waals surface area contributed by atoms with Crippen LogP contribution in [0.5, 0.6) is 11.5 Å². The van der Waals surface area contributed by atoms with Crippen LogP contribution in [0.3, 0.4) is 0 Å². The SMILES string of the molecule is CCCCCCCCCCCCCCOc1ccc(CC(=O)Nc2cccc(CN3C=C(C)SC3)c2)cc1OC. The second-order valence-electron chi connectivity index (χ2n) is 10.9. The van der Waals surface area contributed by atoms with Crippen LogP contribution < -0.4 is 14.8 Å². The maximum absolute atomic E-state index is 12.8. The molecule has 0 fully saturated rings. The number of anilines is 1. The summed E-state index contributed by atoms with van der Waals surface area (Å²) < 4.78 is 11.6. The summed E-state index contributed by atoms with van der Waals surface area (Å²) in [7, 11) is 1.65. The van der Waals surface area contributed by atoms with Gasteiger partial charge in [0.15, 0.2) is 11.5 Å². The number of carbonyl (C=O) groups excluding carboxylic acids is 1. The zero-order valence-corrected chi connectivity index (χ0v) is 25.8. The van der Waals surface area contributed by atoms with Crippen LogP contribution in [0.15, 0.2) is 53.6 Å². The lowest BCUT2D eigenvalue weighted by Crippen LogP contribution is -2.15.